The van der Waals surface area contributed by atoms with Crippen LogP contribution >= 0.6 is 0 Å². The Morgan fingerprint density at radius 2 is 2.22 bits per heavy atom. The second-order valence-corrected chi connectivity index (χ2v) is 4.72. The van der Waals surface area contributed by atoms with E-state index >= 15 is 0 Å². The first-order valence-electron chi connectivity index (χ1n) is 6.43. The quantitative estimate of drug-likeness (QED) is 0.843. The Bertz CT molecular complexity index is 443. The smallest absolute Gasteiger partial charge is 0.337 e. The molecule has 0 atom stereocenters. The van der Waals surface area contributed by atoms with Crippen molar-refractivity contribution in [3.05, 3.63) is 29.6 Å². The van der Waals surface area contributed by atoms with Crippen molar-refractivity contribution in [1.82, 2.24) is 0 Å². The highest BCUT2D eigenvalue weighted by atomic mass is 19.1. The minimum atomic E-state index is -1.06. The number of hydrogen-bond acceptors (Lipinski definition) is 2. The van der Waals surface area contributed by atoms with Gasteiger partial charge in [-0.05, 0) is 31.4 Å². The fourth-order valence-electron chi connectivity index (χ4n) is 2.17. The molecule has 1 aromatic rings. The van der Waals surface area contributed by atoms with Crippen LogP contribution in [0.1, 0.15) is 43.0 Å². The summed E-state index contributed by atoms with van der Waals surface area (Å²) in [6.45, 7) is 2.80. The molecule has 2 rings (SSSR count). The lowest BCUT2D eigenvalue weighted by Crippen LogP contribution is -2.29. The molecule has 4 heteroatoms. The molecular weight excluding hydrogens is 233 g/mol. The van der Waals surface area contributed by atoms with Gasteiger partial charge in [0.2, 0.25) is 0 Å². The van der Waals surface area contributed by atoms with Crippen molar-refractivity contribution in [2.75, 3.05) is 11.4 Å². The van der Waals surface area contributed by atoms with Gasteiger partial charge in [-0.25, -0.2) is 9.18 Å². The summed E-state index contributed by atoms with van der Waals surface area (Å²) in [6.07, 6.45) is 4.01. The first-order chi connectivity index (χ1) is 8.65. The fraction of sp³-hybridized carbons (Fsp3) is 0.500. The normalized spacial score (nSPS) is 14.6. The number of halogens is 1. The second kappa shape index (κ2) is 5.38. The molecule has 18 heavy (non-hydrogen) atoms. The zero-order valence-corrected chi connectivity index (χ0v) is 10.5. The van der Waals surface area contributed by atoms with E-state index in [9.17, 15) is 14.3 Å². The summed E-state index contributed by atoms with van der Waals surface area (Å²) in [4.78, 5) is 13.1. The summed E-state index contributed by atoms with van der Waals surface area (Å²) in [6, 6.07) is 4.57. The fourth-order valence-corrected chi connectivity index (χ4v) is 2.17. The highest BCUT2D eigenvalue weighted by molar-refractivity contribution is 5.94. The predicted molar refractivity (Wildman–Crippen MR) is 68.6 cm³/mol. The molecule has 1 N–H and O–H groups in total. The minimum Gasteiger partial charge on any atom is -0.478 e. The summed E-state index contributed by atoms with van der Waals surface area (Å²) >= 11 is 0. The number of carboxylic acids is 1. The summed E-state index contributed by atoms with van der Waals surface area (Å²) < 4.78 is 14.0. The summed E-state index contributed by atoms with van der Waals surface area (Å²) in [7, 11) is 0. The van der Waals surface area contributed by atoms with Crippen LogP contribution in [-0.2, 0) is 0 Å². The largest absolute Gasteiger partial charge is 0.478 e. The van der Waals surface area contributed by atoms with Gasteiger partial charge in [-0.15, -0.1) is 0 Å². The van der Waals surface area contributed by atoms with Crippen LogP contribution in [0, 0.1) is 5.82 Å². The van der Waals surface area contributed by atoms with Crippen molar-refractivity contribution < 1.29 is 14.3 Å². The Morgan fingerprint density at radius 1 is 1.50 bits per heavy atom. The molecule has 0 bridgehead atoms. The zero-order chi connectivity index (χ0) is 13.1. The summed E-state index contributed by atoms with van der Waals surface area (Å²) in [5, 5.41) is 9.17. The van der Waals surface area contributed by atoms with Gasteiger partial charge in [-0.2, -0.15) is 0 Å². The van der Waals surface area contributed by atoms with Crippen molar-refractivity contribution in [3.8, 4) is 0 Å². The molecule has 0 amide bonds. The van der Waals surface area contributed by atoms with Gasteiger partial charge in [-0.3, -0.25) is 0 Å². The second-order valence-electron chi connectivity index (χ2n) is 4.72. The molecule has 1 aromatic carbocycles. The van der Waals surface area contributed by atoms with Crippen LogP contribution in [0.25, 0.3) is 0 Å². The maximum atomic E-state index is 14.0. The van der Waals surface area contributed by atoms with E-state index in [1.807, 2.05) is 4.90 Å². The summed E-state index contributed by atoms with van der Waals surface area (Å²) in [5.74, 6) is -1.50. The third-order valence-electron chi connectivity index (χ3n) is 3.24. The van der Waals surface area contributed by atoms with Gasteiger partial charge >= 0.3 is 5.97 Å². The lowest BCUT2D eigenvalue weighted by molar-refractivity contribution is 0.0697. The van der Waals surface area contributed by atoms with E-state index in [1.54, 1.807) is 0 Å². The summed E-state index contributed by atoms with van der Waals surface area (Å²) in [5.41, 5.74) is 0.332. The van der Waals surface area contributed by atoms with Crippen LogP contribution < -0.4 is 4.90 Å². The number of carbonyl (C=O) groups is 1. The Morgan fingerprint density at radius 3 is 2.78 bits per heavy atom. The average Bonchev–Trinajstić information content (AvgIpc) is 3.15. The molecular formula is C14H18FNO2. The lowest BCUT2D eigenvalue weighted by atomic mass is 10.1. The Hall–Kier alpha value is -1.58. The van der Waals surface area contributed by atoms with Gasteiger partial charge in [0, 0.05) is 12.6 Å². The number of anilines is 1. The highest BCUT2D eigenvalue weighted by Gasteiger charge is 2.32. The molecule has 0 radical (unpaired) electrons. The molecule has 0 heterocycles. The van der Waals surface area contributed by atoms with E-state index in [1.165, 1.54) is 18.2 Å². The van der Waals surface area contributed by atoms with Crippen molar-refractivity contribution in [2.24, 2.45) is 0 Å². The molecule has 0 unspecified atom stereocenters. The van der Waals surface area contributed by atoms with Crippen LogP contribution in [-0.4, -0.2) is 23.7 Å². The van der Waals surface area contributed by atoms with E-state index < -0.39 is 11.8 Å². The van der Waals surface area contributed by atoms with E-state index in [-0.39, 0.29) is 11.3 Å². The van der Waals surface area contributed by atoms with Gasteiger partial charge < -0.3 is 10.0 Å². The van der Waals surface area contributed by atoms with E-state index in [2.05, 4.69) is 6.92 Å². The molecule has 0 saturated heterocycles. The molecule has 3 nitrogen and oxygen atoms in total. The van der Waals surface area contributed by atoms with Gasteiger partial charge in [-0.1, -0.05) is 19.4 Å². The van der Waals surface area contributed by atoms with Gasteiger partial charge in [0.25, 0.3) is 0 Å². The van der Waals surface area contributed by atoms with Crippen LogP contribution in [0.4, 0.5) is 10.1 Å². The molecule has 98 valence electrons. The Kier molecular flexibility index (Phi) is 3.84. The molecule has 0 aromatic heterocycles. The first kappa shape index (κ1) is 12.9. The predicted octanol–water partition coefficient (Wildman–Crippen LogP) is 3.29. The maximum Gasteiger partial charge on any atom is 0.337 e. The standard InChI is InChI=1S/C14H18FNO2/c1-2-3-9-16(10-7-8-10)13-11(14(17)18)5-4-6-12(13)15/h4-6,10H,2-3,7-9H2,1H3,(H,17,18). The number of para-hydroxylation sites is 1. The molecule has 1 aliphatic carbocycles. The molecule has 1 fully saturated rings. The minimum absolute atomic E-state index is 0.0676. The van der Waals surface area contributed by atoms with E-state index in [0.29, 0.717) is 6.04 Å². The average molecular weight is 251 g/mol. The lowest BCUT2D eigenvalue weighted by Gasteiger charge is -2.26. The van der Waals surface area contributed by atoms with Gasteiger partial charge in [0.15, 0.2) is 0 Å². The van der Waals surface area contributed by atoms with Crippen LogP contribution in [0.5, 0.6) is 0 Å². The van der Waals surface area contributed by atoms with Crippen molar-refractivity contribution >= 4 is 11.7 Å². The van der Waals surface area contributed by atoms with Crippen LogP contribution in [0.2, 0.25) is 0 Å². The Labute approximate surface area is 106 Å². The zero-order valence-electron chi connectivity index (χ0n) is 10.5. The molecule has 0 spiro atoms. The monoisotopic (exact) mass is 251 g/mol. The topological polar surface area (TPSA) is 40.5 Å². The van der Waals surface area contributed by atoms with Gasteiger partial charge in [0.1, 0.15) is 5.82 Å². The Balaban J connectivity index is 2.36. The number of benzene rings is 1. The number of unbranched alkanes of at least 4 members (excludes halogenated alkanes) is 1. The number of carboxylic acid groups (broad SMARTS) is 1. The number of aromatic carboxylic acids is 1. The number of nitrogens with zero attached hydrogens (tertiary/aromatic N) is 1. The van der Waals surface area contributed by atoms with Crippen molar-refractivity contribution in [3.63, 3.8) is 0 Å². The SMILES string of the molecule is CCCCN(c1c(F)cccc1C(=O)O)C1CC1. The number of hydrogen-bond donors (Lipinski definition) is 1. The third kappa shape index (κ3) is 2.63. The first-order valence-corrected chi connectivity index (χ1v) is 6.43. The molecule has 0 aliphatic heterocycles. The van der Waals surface area contributed by atoms with Crippen molar-refractivity contribution in [2.45, 2.75) is 38.6 Å². The molecule has 1 aliphatic rings. The van der Waals surface area contributed by atoms with Gasteiger partial charge in [0.05, 0.1) is 11.3 Å². The molecule has 1 saturated carbocycles. The number of rotatable bonds is 6. The van der Waals surface area contributed by atoms with E-state index in [0.717, 1.165) is 32.2 Å². The van der Waals surface area contributed by atoms with Crippen LogP contribution in [0.15, 0.2) is 18.2 Å². The maximum absolute atomic E-state index is 14.0. The highest BCUT2D eigenvalue weighted by Crippen LogP contribution is 2.35. The van der Waals surface area contributed by atoms with Crippen molar-refractivity contribution in [1.29, 1.82) is 0 Å². The van der Waals surface area contributed by atoms with Crippen LogP contribution in [0.3, 0.4) is 0 Å². The third-order valence-corrected chi connectivity index (χ3v) is 3.24. The van der Waals surface area contributed by atoms with E-state index in [4.69, 9.17) is 0 Å².